The summed E-state index contributed by atoms with van der Waals surface area (Å²) in [4.78, 5) is 26.9. The Morgan fingerprint density at radius 3 is 2.71 bits per heavy atom. The summed E-state index contributed by atoms with van der Waals surface area (Å²) in [5, 5.41) is 12.5. The van der Waals surface area contributed by atoms with Crippen LogP contribution in [0.4, 0.5) is 0 Å². The van der Waals surface area contributed by atoms with E-state index in [1.807, 2.05) is 26.0 Å². The van der Waals surface area contributed by atoms with E-state index in [0.29, 0.717) is 42.7 Å². The Labute approximate surface area is 269 Å². The molecule has 250 valence electrons. The topological polar surface area (TPSA) is 101 Å². The number of fused-ring (bicyclic) bond motifs is 2. The summed E-state index contributed by atoms with van der Waals surface area (Å²) in [5.74, 6) is -1.97. The first kappa shape index (κ1) is 34.1. The van der Waals surface area contributed by atoms with Crippen LogP contribution in [0.25, 0.3) is 0 Å². The van der Waals surface area contributed by atoms with Crippen LogP contribution in [0, 0.1) is 17.8 Å². The van der Waals surface area contributed by atoms with E-state index < -0.39 is 41.6 Å². The van der Waals surface area contributed by atoms with Gasteiger partial charge in [-0.1, -0.05) is 70.1 Å². The fraction of sp³-hybridized carbons (Fsp3) is 0.730. The third-order valence-corrected chi connectivity index (χ3v) is 10.5. The van der Waals surface area contributed by atoms with E-state index in [4.69, 9.17) is 23.7 Å². The smallest absolute Gasteiger partial charge is 0.316 e. The fourth-order valence-corrected chi connectivity index (χ4v) is 7.88. The average Bonchev–Trinajstić information content (AvgIpc) is 3.33. The van der Waals surface area contributed by atoms with Crippen molar-refractivity contribution in [3.05, 3.63) is 47.1 Å². The van der Waals surface area contributed by atoms with Gasteiger partial charge in [0, 0.05) is 25.7 Å². The number of hydrogen-bond donors (Lipinski definition) is 1. The number of aliphatic hydroxyl groups is 1. The molecule has 1 aliphatic carbocycles. The van der Waals surface area contributed by atoms with Crippen molar-refractivity contribution in [1.82, 2.24) is 0 Å². The standard InChI is InChI=1S/C37H54O8/c1-7-9-13-32(38)43-33-26(6)19-30-35(39)42-29-20-28(44-36(21-29)17-16-25(5)31(8-2)45-36)15-14-24(4)18-23(3)11-10-12-27-22-41-34(33)37(27,30)40/h10-12,14,19,23,25,28-31,33-34,40H,7-9,13,15-18,20-22H2,1-6H3/b11-10+,24-14+,27-12+/t23-,25-,28+,29-,30-,31+,33+,34+,36+,37+/m0/s1. The van der Waals surface area contributed by atoms with E-state index >= 15 is 0 Å². The number of carbonyl (C=O) groups is 2. The van der Waals surface area contributed by atoms with Crippen LogP contribution in [0.5, 0.6) is 0 Å². The third-order valence-electron chi connectivity index (χ3n) is 10.5. The van der Waals surface area contributed by atoms with Gasteiger partial charge in [0.05, 0.1) is 18.8 Å². The van der Waals surface area contributed by atoms with Gasteiger partial charge < -0.3 is 28.8 Å². The van der Waals surface area contributed by atoms with Gasteiger partial charge in [-0.3, -0.25) is 9.59 Å². The van der Waals surface area contributed by atoms with E-state index in [-0.39, 0.29) is 30.7 Å². The van der Waals surface area contributed by atoms with Gasteiger partial charge >= 0.3 is 11.9 Å². The number of carbonyl (C=O) groups excluding carboxylic acids is 2. The summed E-state index contributed by atoms with van der Waals surface area (Å²) < 4.78 is 31.8. The summed E-state index contributed by atoms with van der Waals surface area (Å²) >= 11 is 0. The van der Waals surface area contributed by atoms with Gasteiger partial charge in [0.15, 0.2) is 11.9 Å². The van der Waals surface area contributed by atoms with Crippen LogP contribution in [0.2, 0.25) is 0 Å². The Hall–Kier alpha value is -2.26. The molecule has 4 aliphatic heterocycles. The zero-order valence-electron chi connectivity index (χ0n) is 28.1. The molecule has 5 rings (SSSR count). The lowest BCUT2D eigenvalue weighted by molar-refractivity contribution is -0.335. The molecule has 0 aromatic carbocycles. The minimum absolute atomic E-state index is 0.0855. The number of esters is 2. The Balaban J connectivity index is 1.50. The SMILES string of the molecule is CCCCC(=O)O[C@@H]1C(C)=C[C@H]2C(=O)O[C@H]3C[C@@H](C/C=C(\C)C[C@@H](C)/C=C/C=C4\CO[C@H]1[C@@]42O)O[C@@]1(CC[C@H](C)[C@@H](CC)O1)C3. The van der Waals surface area contributed by atoms with Crippen LogP contribution in [0.3, 0.4) is 0 Å². The molecule has 3 saturated heterocycles. The van der Waals surface area contributed by atoms with Crippen LogP contribution in [-0.4, -0.2) is 65.6 Å². The maximum absolute atomic E-state index is 14.2. The normalized spacial score (nSPS) is 43.6. The molecule has 10 atom stereocenters. The van der Waals surface area contributed by atoms with E-state index in [1.165, 1.54) is 5.57 Å². The van der Waals surface area contributed by atoms with Gasteiger partial charge in [0.25, 0.3) is 0 Å². The molecular weight excluding hydrogens is 572 g/mol. The maximum Gasteiger partial charge on any atom is 0.316 e. The van der Waals surface area contributed by atoms with Crippen LogP contribution in [-0.2, 0) is 33.3 Å². The summed E-state index contributed by atoms with van der Waals surface area (Å²) in [6.45, 7) is 12.7. The highest BCUT2D eigenvalue weighted by Gasteiger charge is 2.61. The third kappa shape index (κ3) is 7.34. The largest absolute Gasteiger partial charge is 0.462 e. The van der Waals surface area contributed by atoms with Crippen LogP contribution in [0.15, 0.2) is 47.1 Å². The van der Waals surface area contributed by atoms with Crippen molar-refractivity contribution in [2.45, 2.75) is 148 Å². The van der Waals surface area contributed by atoms with E-state index in [2.05, 4.69) is 39.8 Å². The van der Waals surface area contributed by atoms with Crippen molar-refractivity contribution in [2.24, 2.45) is 17.8 Å². The zero-order chi connectivity index (χ0) is 32.4. The molecule has 5 aliphatic rings. The Morgan fingerprint density at radius 2 is 1.96 bits per heavy atom. The number of ether oxygens (including phenoxy) is 5. The van der Waals surface area contributed by atoms with Crippen molar-refractivity contribution >= 4 is 11.9 Å². The van der Waals surface area contributed by atoms with Gasteiger partial charge in [-0.25, -0.2) is 0 Å². The van der Waals surface area contributed by atoms with E-state index in [9.17, 15) is 14.7 Å². The molecule has 1 N–H and O–H groups in total. The highest BCUT2D eigenvalue weighted by Crippen LogP contribution is 2.48. The Bertz CT molecular complexity index is 1220. The summed E-state index contributed by atoms with van der Waals surface area (Å²) in [6.07, 6.45) is 14.8. The predicted molar refractivity (Wildman–Crippen MR) is 171 cm³/mol. The molecule has 0 amide bonds. The molecule has 2 bridgehead atoms. The second-order valence-electron chi connectivity index (χ2n) is 14.2. The molecule has 8 nitrogen and oxygen atoms in total. The number of allylic oxidation sites excluding steroid dienone is 4. The Morgan fingerprint density at radius 1 is 1.16 bits per heavy atom. The molecule has 3 fully saturated rings. The number of hydrogen-bond acceptors (Lipinski definition) is 8. The molecule has 0 unspecified atom stereocenters. The highest BCUT2D eigenvalue weighted by molar-refractivity contribution is 5.79. The molecule has 4 heterocycles. The van der Waals surface area contributed by atoms with Crippen molar-refractivity contribution in [3.8, 4) is 0 Å². The van der Waals surface area contributed by atoms with E-state index in [0.717, 1.165) is 38.5 Å². The first-order valence-corrected chi connectivity index (χ1v) is 17.3. The molecule has 0 saturated carbocycles. The van der Waals surface area contributed by atoms with E-state index in [1.54, 1.807) is 6.08 Å². The highest BCUT2D eigenvalue weighted by atomic mass is 16.7. The van der Waals surface area contributed by atoms with Gasteiger partial charge in [-0.2, -0.15) is 0 Å². The maximum atomic E-state index is 14.2. The van der Waals surface area contributed by atoms with Crippen molar-refractivity contribution < 1.29 is 38.4 Å². The van der Waals surface area contributed by atoms with Crippen molar-refractivity contribution in [1.29, 1.82) is 0 Å². The monoisotopic (exact) mass is 626 g/mol. The molecule has 45 heavy (non-hydrogen) atoms. The lowest BCUT2D eigenvalue weighted by Gasteiger charge is -2.50. The summed E-state index contributed by atoms with van der Waals surface area (Å²) in [7, 11) is 0. The van der Waals surface area contributed by atoms with Gasteiger partial charge in [0.2, 0.25) is 0 Å². The molecule has 1 spiro atoms. The van der Waals surface area contributed by atoms with Crippen molar-refractivity contribution in [3.63, 3.8) is 0 Å². The second-order valence-corrected chi connectivity index (χ2v) is 14.2. The van der Waals surface area contributed by atoms with Gasteiger partial charge in [0.1, 0.15) is 23.7 Å². The van der Waals surface area contributed by atoms with Gasteiger partial charge in [-0.05, 0) is 68.9 Å². The first-order chi connectivity index (χ1) is 21.5. The summed E-state index contributed by atoms with van der Waals surface area (Å²) in [5.41, 5.74) is 0.803. The molecule has 0 radical (unpaired) electrons. The van der Waals surface area contributed by atoms with Crippen LogP contribution in [0.1, 0.15) is 106 Å². The quantitative estimate of drug-likeness (QED) is 0.267. The van der Waals surface area contributed by atoms with Gasteiger partial charge in [-0.15, -0.1) is 0 Å². The van der Waals surface area contributed by atoms with Crippen LogP contribution >= 0.6 is 0 Å². The van der Waals surface area contributed by atoms with Crippen LogP contribution < -0.4 is 0 Å². The molecule has 8 heteroatoms. The van der Waals surface area contributed by atoms with Crippen molar-refractivity contribution in [2.75, 3.05) is 6.61 Å². The lowest BCUT2D eigenvalue weighted by atomic mass is 9.70. The number of rotatable bonds is 5. The first-order valence-electron chi connectivity index (χ1n) is 17.3. The summed E-state index contributed by atoms with van der Waals surface area (Å²) in [6, 6.07) is 0. The Kier molecular flexibility index (Phi) is 10.8. The molecule has 0 aromatic rings. The number of unbranched alkanes of at least 4 members (excludes halogenated alkanes) is 1. The lowest BCUT2D eigenvalue weighted by Crippen LogP contribution is -2.59. The molecular formula is C37H54O8. The minimum Gasteiger partial charge on any atom is -0.462 e. The predicted octanol–water partition coefficient (Wildman–Crippen LogP) is 6.67. The molecule has 0 aromatic heterocycles. The zero-order valence-corrected chi connectivity index (χ0v) is 28.1. The average molecular weight is 627 g/mol. The second kappa shape index (κ2) is 14.2. The minimum atomic E-state index is -1.72. The fourth-order valence-electron chi connectivity index (χ4n) is 7.88.